The third-order valence-corrected chi connectivity index (χ3v) is 3.17. The van der Waals surface area contributed by atoms with Crippen LogP contribution in [0.15, 0.2) is 42.5 Å². The van der Waals surface area contributed by atoms with Crippen LogP contribution >= 0.6 is 23.2 Å². The number of halogens is 2. The number of phenolic OH excluding ortho intramolecular Hbond substituents is 1. The predicted molar refractivity (Wildman–Crippen MR) is 83.5 cm³/mol. The van der Waals surface area contributed by atoms with Crippen molar-refractivity contribution in [1.29, 1.82) is 0 Å². The number of rotatable bonds is 4. The van der Waals surface area contributed by atoms with Crippen LogP contribution in [0.1, 0.15) is 10.4 Å². The Morgan fingerprint density at radius 3 is 2.59 bits per heavy atom. The van der Waals surface area contributed by atoms with Crippen LogP contribution in [0.25, 0.3) is 0 Å². The van der Waals surface area contributed by atoms with Gasteiger partial charge in [-0.3, -0.25) is 4.79 Å². The molecule has 2 N–H and O–H groups in total. The Balaban J connectivity index is 1.91. The highest BCUT2D eigenvalue weighted by Crippen LogP contribution is 2.25. The van der Waals surface area contributed by atoms with Crippen LogP contribution < -0.4 is 5.32 Å². The van der Waals surface area contributed by atoms with Crippen LogP contribution in [0.2, 0.25) is 10.0 Å². The van der Waals surface area contributed by atoms with Gasteiger partial charge in [0.2, 0.25) is 0 Å². The Kier molecular flexibility index (Phi) is 5.25. The molecule has 0 atom stereocenters. The summed E-state index contributed by atoms with van der Waals surface area (Å²) in [4.78, 5) is 23.4. The van der Waals surface area contributed by atoms with Gasteiger partial charge in [0.15, 0.2) is 6.61 Å². The maximum Gasteiger partial charge on any atom is 0.338 e. The molecule has 0 spiro atoms. The van der Waals surface area contributed by atoms with E-state index in [-0.39, 0.29) is 16.3 Å². The van der Waals surface area contributed by atoms with Gasteiger partial charge in [-0.25, -0.2) is 4.79 Å². The number of benzene rings is 2. The van der Waals surface area contributed by atoms with Gasteiger partial charge in [0.25, 0.3) is 5.91 Å². The smallest absolute Gasteiger partial charge is 0.338 e. The third-order valence-electron chi connectivity index (χ3n) is 2.62. The molecular formula is C15H11Cl2NO4. The van der Waals surface area contributed by atoms with Gasteiger partial charge < -0.3 is 15.2 Å². The van der Waals surface area contributed by atoms with Crippen molar-refractivity contribution in [2.24, 2.45) is 0 Å². The number of hydrogen-bond donors (Lipinski definition) is 2. The highest BCUT2D eigenvalue weighted by Gasteiger charge is 2.12. The number of carbonyl (C=O) groups excluding carboxylic acids is 2. The number of anilines is 1. The quantitative estimate of drug-likeness (QED) is 0.836. The van der Waals surface area contributed by atoms with Crippen molar-refractivity contribution in [3.63, 3.8) is 0 Å². The summed E-state index contributed by atoms with van der Waals surface area (Å²) in [6.07, 6.45) is 0. The molecule has 0 heterocycles. The Morgan fingerprint density at radius 2 is 1.91 bits per heavy atom. The molecule has 0 aliphatic rings. The molecule has 0 saturated heterocycles. The second-order valence-electron chi connectivity index (χ2n) is 4.30. The van der Waals surface area contributed by atoms with Crippen molar-refractivity contribution in [2.75, 3.05) is 11.9 Å². The Bertz CT molecular complexity index is 718. The Morgan fingerprint density at radius 1 is 1.14 bits per heavy atom. The van der Waals surface area contributed by atoms with E-state index in [0.717, 1.165) is 0 Å². The van der Waals surface area contributed by atoms with Crippen LogP contribution in [-0.2, 0) is 9.53 Å². The van der Waals surface area contributed by atoms with E-state index in [1.54, 1.807) is 12.1 Å². The monoisotopic (exact) mass is 339 g/mol. The van der Waals surface area contributed by atoms with Crippen LogP contribution in [0.4, 0.5) is 5.69 Å². The van der Waals surface area contributed by atoms with Gasteiger partial charge in [-0.2, -0.15) is 0 Å². The maximum absolute atomic E-state index is 11.7. The number of hydrogen-bond acceptors (Lipinski definition) is 4. The van der Waals surface area contributed by atoms with Crippen LogP contribution in [0.3, 0.4) is 0 Å². The molecule has 2 aromatic carbocycles. The lowest BCUT2D eigenvalue weighted by molar-refractivity contribution is -0.119. The van der Waals surface area contributed by atoms with Gasteiger partial charge >= 0.3 is 5.97 Å². The molecule has 0 saturated carbocycles. The van der Waals surface area contributed by atoms with E-state index in [0.29, 0.717) is 10.7 Å². The van der Waals surface area contributed by atoms with Gasteiger partial charge in [-0.05, 0) is 36.4 Å². The molecule has 0 aliphatic heterocycles. The van der Waals surface area contributed by atoms with Gasteiger partial charge in [0, 0.05) is 5.02 Å². The SMILES string of the molecule is O=C(COC(=O)c1cccc(O)c1)Nc1ccc(Cl)cc1Cl. The van der Waals surface area contributed by atoms with E-state index in [1.165, 1.54) is 30.3 Å². The van der Waals surface area contributed by atoms with E-state index in [2.05, 4.69) is 5.32 Å². The lowest BCUT2D eigenvalue weighted by atomic mass is 10.2. The molecular weight excluding hydrogens is 329 g/mol. The number of carbonyl (C=O) groups is 2. The topological polar surface area (TPSA) is 75.6 Å². The van der Waals surface area contributed by atoms with Gasteiger partial charge in [0.1, 0.15) is 5.75 Å². The van der Waals surface area contributed by atoms with Crippen molar-refractivity contribution in [1.82, 2.24) is 0 Å². The van der Waals surface area contributed by atoms with Crippen molar-refractivity contribution in [3.05, 3.63) is 58.1 Å². The maximum atomic E-state index is 11.7. The molecule has 1 amide bonds. The summed E-state index contributed by atoms with van der Waals surface area (Å²) in [5.74, 6) is -1.32. The summed E-state index contributed by atoms with van der Waals surface area (Å²) in [5.41, 5.74) is 0.516. The molecule has 0 aliphatic carbocycles. The second-order valence-corrected chi connectivity index (χ2v) is 5.14. The zero-order chi connectivity index (χ0) is 16.1. The predicted octanol–water partition coefficient (Wildman–Crippen LogP) is 3.49. The fourth-order valence-corrected chi connectivity index (χ4v) is 2.08. The summed E-state index contributed by atoms with van der Waals surface area (Å²) in [7, 11) is 0. The summed E-state index contributed by atoms with van der Waals surface area (Å²) in [5, 5.41) is 12.5. The number of phenols is 1. The molecule has 22 heavy (non-hydrogen) atoms. The van der Waals surface area contributed by atoms with E-state index < -0.39 is 18.5 Å². The normalized spacial score (nSPS) is 10.1. The molecule has 0 aromatic heterocycles. The van der Waals surface area contributed by atoms with E-state index in [1.807, 2.05) is 0 Å². The number of aromatic hydroxyl groups is 1. The molecule has 5 nitrogen and oxygen atoms in total. The standard InChI is InChI=1S/C15H11Cl2NO4/c16-10-4-5-13(12(17)7-10)18-14(20)8-22-15(21)9-2-1-3-11(19)6-9/h1-7,19H,8H2,(H,18,20). The second kappa shape index (κ2) is 7.15. The fourth-order valence-electron chi connectivity index (χ4n) is 1.62. The Hall–Kier alpha value is -2.24. The summed E-state index contributed by atoms with van der Waals surface area (Å²) in [6.45, 7) is -0.479. The zero-order valence-corrected chi connectivity index (χ0v) is 12.7. The average molecular weight is 340 g/mol. The largest absolute Gasteiger partial charge is 0.508 e. The first-order chi connectivity index (χ1) is 10.5. The molecule has 114 valence electrons. The first-order valence-electron chi connectivity index (χ1n) is 6.17. The minimum Gasteiger partial charge on any atom is -0.508 e. The van der Waals surface area contributed by atoms with Gasteiger partial charge in [-0.1, -0.05) is 29.3 Å². The Labute approximate surface area is 136 Å². The molecule has 0 unspecified atom stereocenters. The van der Waals surface area contributed by atoms with Crippen LogP contribution in [0.5, 0.6) is 5.75 Å². The van der Waals surface area contributed by atoms with E-state index >= 15 is 0 Å². The summed E-state index contributed by atoms with van der Waals surface area (Å²) >= 11 is 11.7. The zero-order valence-electron chi connectivity index (χ0n) is 11.2. The highest BCUT2D eigenvalue weighted by atomic mass is 35.5. The van der Waals surface area contributed by atoms with Crippen molar-refractivity contribution in [3.8, 4) is 5.75 Å². The molecule has 2 rings (SSSR count). The van der Waals surface area contributed by atoms with E-state index in [9.17, 15) is 14.7 Å². The van der Waals surface area contributed by atoms with Gasteiger partial charge in [-0.15, -0.1) is 0 Å². The van der Waals surface area contributed by atoms with Crippen LogP contribution in [0, 0.1) is 0 Å². The first kappa shape index (κ1) is 16.1. The minimum absolute atomic E-state index is 0.0631. The van der Waals surface area contributed by atoms with Crippen molar-refractivity contribution in [2.45, 2.75) is 0 Å². The number of esters is 1. The number of nitrogens with one attached hydrogen (secondary N) is 1. The molecule has 7 heteroatoms. The summed E-state index contributed by atoms with van der Waals surface area (Å²) < 4.78 is 4.85. The van der Waals surface area contributed by atoms with Gasteiger partial charge in [0.05, 0.1) is 16.3 Å². The van der Waals surface area contributed by atoms with Crippen molar-refractivity contribution < 1.29 is 19.4 Å². The molecule has 2 aromatic rings. The summed E-state index contributed by atoms with van der Waals surface area (Å²) in [6, 6.07) is 10.2. The number of amides is 1. The average Bonchev–Trinajstić information content (AvgIpc) is 2.47. The number of ether oxygens (including phenoxy) is 1. The molecule has 0 fully saturated rings. The van der Waals surface area contributed by atoms with Crippen molar-refractivity contribution >= 4 is 40.8 Å². The first-order valence-corrected chi connectivity index (χ1v) is 6.92. The molecule has 0 radical (unpaired) electrons. The molecule has 0 bridgehead atoms. The van der Waals surface area contributed by atoms with E-state index in [4.69, 9.17) is 27.9 Å². The minimum atomic E-state index is -0.715. The highest BCUT2D eigenvalue weighted by molar-refractivity contribution is 6.36. The fraction of sp³-hybridized carbons (Fsp3) is 0.0667. The lowest BCUT2D eigenvalue weighted by Crippen LogP contribution is -2.21. The third kappa shape index (κ3) is 4.38. The van der Waals surface area contributed by atoms with Crippen LogP contribution in [-0.4, -0.2) is 23.6 Å². The lowest BCUT2D eigenvalue weighted by Gasteiger charge is -2.08.